The van der Waals surface area contributed by atoms with E-state index in [0.717, 1.165) is 11.0 Å². The summed E-state index contributed by atoms with van der Waals surface area (Å²) >= 11 is 6.97. The van der Waals surface area contributed by atoms with Gasteiger partial charge in [-0.3, -0.25) is 0 Å². The average Bonchev–Trinajstić information content (AvgIpc) is 2.82. The molecule has 0 saturated heterocycles. The Balaban J connectivity index is 2.03. The predicted molar refractivity (Wildman–Crippen MR) is 69.4 cm³/mol. The molecule has 18 heavy (non-hydrogen) atoms. The lowest BCUT2D eigenvalue weighted by Crippen LogP contribution is -1.86. The van der Waals surface area contributed by atoms with Crippen molar-refractivity contribution in [2.45, 2.75) is 9.92 Å². The fourth-order valence-electron chi connectivity index (χ4n) is 1.59. The number of benzene rings is 1. The summed E-state index contributed by atoms with van der Waals surface area (Å²) in [6.07, 6.45) is 3.23. The van der Waals surface area contributed by atoms with Crippen LogP contribution in [0.25, 0.3) is 11.0 Å². The van der Waals surface area contributed by atoms with Crippen LogP contribution in [0.15, 0.2) is 46.7 Å². The van der Waals surface area contributed by atoms with Crippen molar-refractivity contribution in [1.29, 1.82) is 0 Å². The monoisotopic (exact) mass is 279 g/mol. The maximum atomic E-state index is 13.7. The fourth-order valence-corrected chi connectivity index (χ4v) is 2.63. The average molecular weight is 280 g/mol. The largest absolute Gasteiger partial charge is 0.346 e. The van der Waals surface area contributed by atoms with Gasteiger partial charge in [0.1, 0.15) is 22.8 Å². The molecule has 0 bridgehead atoms. The first-order chi connectivity index (χ1) is 8.74. The van der Waals surface area contributed by atoms with E-state index >= 15 is 0 Å². The van der Waals surface area contributed by atoms with E-state index in [2.05, 4.69) is 15.0 Å². The van der Waals surface area contributed by atoms with E-state index in [4.69, 9.17) is 11.6 Å². The molecule has 0 aliphatic rings. The maximum absolute atomic E-state index is 13.7. The van der Waals surface area contributed by atoms with Gasteiger partial charge in [0, 0.05) is 16.1 Å². The third-order valence-electron chi connectivity index (χ3n) is 2.42. The highest BCUT2D eigenvalue weighted by molar-refractivity contribution is 7.99. The van der Waals surface area contributed by atoms with Crippen LogP contribution in [-0.2, 0) is 0 Å². The topological polar surface area (TPSA) is 41.6 Å². The highest BCUT2D eigenvalue weighted by atomic mass is 35.5. The molecule has 0 saturated carbocycles. The summed E-state index contributed by atoms with van der Waals surface area (Å²) in [5.41, 5.74) is 0.738. The zero-order chi connectivity index (χ0) is 12.5. The molecule has 0 aliphatic heterocycles. The molecule has 0 spiro atoms. The van der Waals surface area contributed by atoms with Crippen molar-refractivity contribution in [2.24, 2.45) is 0 Å². The Morgan fingerprint density at radius 1 is 1.22 bits per heavy atom. The van der Waals surface area contributed by atoms with Crippen molar-refractivity contribution in [3.05, 3.63) is 47.6 Å². The number of aromatic nitrogens is 3. The van der Waals surface area contributed by atoms with E-state index in [1.807, 2.05) is 6.07 Å². The Morgan fingerprint density at radius 3 is 2.94 bits per heavy atom. The van der Waals surface area contributed by atoms with Crippen LogP contribution < -0.4 is 0 Å². The van der Waals surface area contributed by atoms with Crippen molar-refractivity contribution >= 4 is 34.4 Å². The second-order valence-corrected chi connectivity index (χ2v) is 5.06. The lowest BCUT2D eigenvalue weighted by atomic mass is 10.3. The van der Waals surface area contributed by atoms with Crippen LogP contribution in [0.3, 0.4) is 0 Å². The molecule has 0 amide bonds. The van der Waals surface area contributed by atoms with Crippen LogP contribution in [0.5, 0.6) is 0 Å². The zero-order valence-electron chi connectivity index (χ0n) is 9.02. The second-order valence-electron chi connectivity index (χ2n) is 3.60. The summed E-state index contributed by atoms with van der Waals surface area (Å²) in [6.45, 7) is 0. The lowest BCUT2D eigenvalue weighted by Gasteiger charge is -2.03. The third kappa shape index (κ3) is 2.07. The van der Waals surface area contributed by atoms with Crippen LogP contribution in [0.4, 0.5) is 4.39 Å². The maximum Gasteiger partial charge on any atom is 0.141 e. The minimum absolute atomic E-state index is 0.352. The molecule has 0 atom stereocenters. The summed E-state index contributed by atoms with van der Waals surface area (Å²) in [4.78, 5) is 11.7. The van der Waals surface area contributed by atoms with E-state index in [9.17, 15) is 4.39 Å². The van der Waals surface area contributed by atoms with Crippen LogP contribution in [0.1, 0.15) is 0 Å². The number of rotatable bonds is 2. The number of H-pyrrole nitrogens is 1. The van der Waals surface area contributed by atoms with Gasteiger partial charge in [-0.2, -0.15) is 0 Å². The number of fused-ring (bicyclic) bond motifs is 1. The van der Waals surface area contributed by atoms with E-state index in [1.165, 1.54) is 24.2 Å². The molecule has 0 aliphatic carbocycles. The van der Waals surface area contributed by atoms with Gasteiger partial charge in [-0.15, -0.1) is 0 Å². The van der Waals surface area contributed by atoms with Crippen molar-refractivity contribution in [1.82, 2.24) is 15.0 Å². The van der Waals surface area contributed by atoms with Gasteiger partial charge < -0.3 is 4.98 Å². The van der Waals surface area contributed by atoms with Crippen LogP contribution in [0, 0.1) is 5.82 Å². The lowest BCUT2D eigenvalue weighted by molar-refractivity contribution is 0.602. The zero-order valence-corrected chi connectivity index (χ0v) is 10.6. The van der Waals surface area contributed by atoms with Gasteiger partial charge in [0.2, 0.25) is 0 Å². The number of hydrogen-bond donors (Lipinski definition) is 1. The first-order valence-corrected chi connectivity index (χ1v) is 6.34. The van der Waals surface area contributed by atoms with E-state index in [1.54, 1.807) is 18.3 Å². The molecule has 3 nitrogen and oxygen atoms in total. The molecule has 0 fully saturated rings. The molecule has 1 aromatic carbocycles. The molecule has 3 rings (SSSR count). The van der Waals surface area contributed by atoms with Crippen molar-refractivity contribution in [3.8, 4) is 0 Å². The van der Waals surface area contributed by atoms with E-state index in [-0.39, 0.29) is 5.82 Å². The number of halogens is 2. The number of nitrogens with one attached hydrogen (secondary N) is 1. The highest BCUT2D eigenvalue weighted by Gasteiger charge is 2.10. The van der Waals surface area contributed by atoms with Crippen LogP contribution >= 0.6 is 23.4 Å². The second kappa shape index (κ2) is 4.59. The summed E-state index contributed by atoms with van der Waals surface area (Å²) in [6, 6.07) is 6.45. The standard InChI is InChI=1S/C12H7ClFN3S/c13-7-1-2-10(9(14)5-7)18-12-8-3-4-15-11(8)16-6-17-12/h1-6H,(H,15,16,17). The molecule has 1 N–H and O–H groups in total. The predicted octanol–water partition coefficient (Wildman–Crippen LogP) is 3.90. The van der Waals surface area contributed by atoms with Crippen molar-refractivity contribution in [3.63, 3.8) is 0 Å². The first kappa shape index (κ1) is 11.5. The molecular formula is C12H7ClFN3S. The van der Waals surface area contributed by atoms with Gasteiger partial charge in [-0.25, -0.2) is 14.4 Å². The number of aromatic amines is 1. The molecule has 2 heterocycles. The third-order valence-corrected chi connectivity index (χ3v) is 3.72. The Morgan fingerprint density at radius 2 is 2.11 bits per heavy atom. The molecular weight excluding hydrogens is 273 g/mol. The minimum Gasteiger partial charge on any atom is -0.346 e. The van der Waals surface area contributed by atoms with Gasteiger partial charge in [0.15, 0.2) is 0 Å². The van der Waals surface area contributed by atoms with Crippen molar-refractivity contribution < 1.29 is 4.39 Å². The van der Waals surface area contributed by atoms with Crippen molar-refractivity contribution in [2.75, 3.05) is 0 Å². The Hall–Kier alpha value is -1.59. The molecule has 0 unspecified atom stereocenters. The normalized spacial score (nSPS) is 11.0. The smallest absolute Gasteiger partial charge is 0.141 e. The van der Waals surface area contributed by atoms with E-state index < -0.39 is 0 Å². The van der Waals surface area contributed by atoms with Gasteiger partial charge in [-0.1, -0.05) is 23.4 Å². The minimum atomic E-state index is -0.352. The van der Waals surface area contributed by atoms with Crippen LogP contribution in [0.2, 0.25) is 5.02 Å². The Kier molecular flexibility index (Phi) is 2.93. The van der Waals surface area contributed by atoms with E-state index in [0.29, 0.717) is 14.9 Å². The summed E-state index contributed by atoms with van der Waals surface area (Å²) < 4.78 is 13.7. The summed E-state index contributed by atoms with van der Waals surface area (Å²) in [7, 11) is 0. The quantitative estimate of drug-likeness (QED) is 0.723. The number of nitrogens with zero attached hydrogens (tertiary/aromatic N) is 2. The van der Waals surface area contributed by atoms with Gasteiger partial charge in [0.05, 0.1) is 5.39 Å². The van der Waals surface area contributed by atoms with Gasteiger partial charge in [0.25, 0.3) is 0 Å². The first-order valence-electron chi connectivity index (χ1n) is 5.15. The molecule has 90 valence electrons. The summed E-state index contributed by atoms with van der Waals surface area (Å²) in [5.74, 6) is -0.352. The highest BCUT2D eigenvalue weighted by Crippen LogP contribution is 2.33. The SMILES string of the molecule is Fc1cc(Cl)ccc1Sc1ncnc2[nH]ccc12. The fraction of sp³-hybridized carbons (Fsp3) is 0. The Labute approximate surface area is 111 Å². The molecule has 0 radical (unpaired) electrons. The van der Waals surface area contributed by atoms with Gasteiger partial charge in [-0.05, 0) is 24.3 Å². The molecule has 2 aromatic heterocycles. The summed E-state index contributed by atoms with van der Waals surface area (Å²) in [5, 5.41) is 1.96. The molecule has 3 aromatic rings. The van der Waals surface area contributed by atoms with Gasteiger partial charge >= 0.3 is 0 Å². The Bertz CT molecular complexity index is 713. The molecule has 6 heteroatoms. The number of hydrogen-bond acceptors (Lipinski definition) is 3. The van der Waals surface area contributed by atoms with Crippen LogP contribution in [-0.4, -0.2) is 15.0 Å².